The number of hydrogen-bond donors (Lipinski definition) is 0. The molecule has 0 heterocycles. The van der Waals surface area contributed by atoms with E-state index >= 15 is 0 Å². The van der Waals surface area contributed by atoms with Crippen molar-refractivity contribution in [2.24, 2.45) is 0 Å². The Kier molecular flexibility index (Phi) is 3.14. The van der Waals surface area contributed by atoms with Gasteiger partial charge in [0.1, 0.15) is 5.82 Å². The van der Waals surface area contributed by atoms with Crippen LogP contribution >= 0.6 is 0 Å². The third-order valence-corrected chi connectivity index (χ3v) is 2.13. The first kappa shape index (κ1) is 11.0. The maximum atomic E-state index is 13.2. The maximum Gasteiger partial charge on any atom is 0.167 e. The van der Waals surface area contributed by atoms with Gasteiger partial charge in [-0.05, 0) is 25.5 Å². The summed E-state index contributed by atoms with van der Waals surface area (Å²) in [6.45, 7) is 3.80. The smallest absolute Gasteiger partial charge is 0.167 e. The van der Waals surface area contributed by atoms with Gasteiger partial charge in [0.2, 0.25) is 0 Å². The molecule has 1 atom stereocenters. The molecule has 1 aromatic carbocycles. The first-order chi connectivity index (χ1) is 6.44. The van der Waals surface area contributed by atoms with Gasteiger partial charge in [0, 0.05) is 6.07 Å². The van der Waals surface area contributed by atoms with Crippen LogP contribution in [0.25, 0.3) is 0 Å². The third-order valence-electron chi connectivity index (χ3n) is 2.13. The Hall–Kier alpha value is -1.06. The molecule has 0 N–H and O–H groups in total. The molecule has 0 aliphatic heterocycles. The maximum absolute atomic E-state index is 13.2. The average molecular weight is 198 g/mol. The second-order valence-corrected chi connectivity index (χ2v) is 3.79. The van der Waals surface area contributed by atoms with Crippen molar-refractivity contribution >= 4 is 7.85 Å². The van der Waals surface area contributed by atoms with Gasteiger partial charge in [-0.25, -0.2) is 8.78 Å². The van der Waals surface area contributed by atoms with Gasteiger partial charge in [-0.2, -0.15) is 0 Å². The van der Waals surface area contributed by atoms with Crippen LogP contribution in [0.5, 0.6) is 5.75 Å². The zero-order valence-corrected chi connectivity index (χ0v) is 8.60. The molecule has 0 bridgehead atoms. The van der Waals surface area contributed by atoms with Crippen LogP contribution in [-0.4, -0.2) is 13.3 Å². The Balaban J connectivity index is 2.87. The summed E-state index contributed by atoms with van der Waals surface area (Å²) in [5.41, 5.74) is -0.432. The predicted molar refractivity (Wildman–Crippen MR) is 54.2 cm³/mol. The quantitative estimate of drug-likeness (QED) is 0.675. The van der Waals surface area contributed by atoms with Crippen molar-refractivity contribution < 1.29 is 13.5 Å². The van der Waals surface area contributed by atoms with Gasteiger partial charge in [-0.1, -0.05) is 6.92 Å². The van der Waals surface area contributed by atoms with Crippen LogP contribution < -0.4 is 4.74 Å². The van der Waals surface area contributed by atoms with Gasteiger partial charge in [0.25, 0.3) is 0 Å². The van der Waals surface area contributed by atoms with Crippen LogP contribution in [0.3, 0.4) is 0 Å². The summed E-state index contributed by atoms with van der Waals surface area (Å²) in [5.74, 6) is -1.16. The lowest BCUT2D eigenvalue weighted by atomic mass is 9.81. The number of halogens is 2. The van der Waals surface area contributed by atoms with Crippen LogP contribution in [0.1, 0.15) is 20.3 Å². The fraction of sp³-hybridized carbons (Fsp3) is 0.400. The highest BCUT2D eigenvalue weighted by molar-refractivity contribution is 6.14. The summed E-state index contributed by atoms with van der Waals surface area (Å²) < 4.78 is 31.1. The molecule has 1 nitrogen and oxygen atoms in total. The normalized spacial score (nSPS) is 14.9. The molecule has 1 aromatic rings. The molecule has 0 fully saturated rings. The van der Waals surface area contributed by atoms with Crippen molar-refractivity contribution in [2.75, 3.05) is 0 Å². The zero-order valence-electron chi connectivity index (χ0n) is 8.60. The predicted octanol–water partition coefficient (Wildman–Crippen LogP) is 2.10. The molecule has 1 rings (SSSR count). The minimum Gasteiger partial charge on any atom is -0.494 e. The molecular weight excluding hydrogens is 185 g/mol. The van der Waals surface area contributed by atoms with Gasteiger partial charge in [-0.15, -0.1) is 0 Å². The molecule has 0 radical (unpaired) electrons. The molecule has 0 aromatic heterocycles. The lowest BCUT2D eigenvalue weighted by Gasteiger charge is -2.25. The SMILES string of the molecule is B[C@@](C)(CC)Oc1ccc(F)cc1F. The molecule has 0 saturated carbocycles. The summed E-state index contributed by atoms with van der Waals surface area (Å²) in [6.07, 6.45) is 0.754. The summed E-state index contributed by atoms with van der Waals surface area (Å²) in [4.78, 5) is 0. The molecule has 0 unspecified atom stereocenters. The molecular formula is C10H13BF2O. The van der Waals surface area contributed by atoms with Crippen molar-refractivity contribution in [1.29, 1.82) is 0 Å². The van der Waals surface area contributed by atoms with E-state index < -0.39 is 17.1 Å². The van der Waals surface area contributed by atoms with Crippen LogP contribution in [-0.2, 0) is 0 Å². The van der Waals surface area contributed by atoms with E-state index in [1.54, 1.807) is 0 Å². The second kappa shape index (κ2) is 3.99. The lowest BCUT2D eigenvalue weighted by Crippen LogP contribution is -2.32. The van der Waals surface area contributed by atoms with Crippen molar-refractivity contribution in [3.8, 4) is 5.75 Å². The highest BCUT2D eigenvalue weighted by Crippen LogP contribution is 2.22. The first-order valence-corrected chi connectivity index (χ1v) is 4.58. The van der Waals surface area contributed by atoms with Crippen LogP contribution in [0, 0.1) is 11.6 Å². The van der Waals surface area contributed by atoms with Crippen molar-refractivity contribution in [3.63, 3.8) is 0 Å². The number of ether oxygens (including phenoxy) is 1. The molecule has 0 saturated heterocycles. The van der Waals surface area contributed by atoms with E-state index in [4.69, 9.17) is 4.74 Å². The Bertz CT molecular complexity index is 326. The van der Waals surface area contributed by atoms with Gasteiger partial charge in [-0.3, -0.25) is 0 Å². The van der Waals surface area contributed by atoms with Gasteiger partial charge in [0.15, 0.2) is 19.4 Å². The van der Waals surface area contributed by atoms with Crippen molar-refractivity contribution in [2.45, 2.75) is 25.8 Å². The fourth-order valence-electron chi connectivity index (χ4n) is 0.928. The highest BCUT2D eigenvalue weighted by atomic mass is 19.1. The minimum absolute atomic E-state index is 0.0956. The largest absolute Gasteiger partial charge is 0.494 e. The van der Waals surface area contributed by atoms with Crippen LogP contribution in [0.4, 0.5) is 8.78 Å². The van der Waals surface area contributed by atoms with Crippen LogP contribution in [0.15, 0.2) is 18.2 Å². The molecule has 0 aliphatic rings. The Morgan fingerprint density at radius 3 is 2.57 bits per heavy atom. The number of rotatable bonds is 3. The van der Waals surface area contributed by atoms with Gasteiger partial charge < -0.3 is 4.74 Å². The van der Waals surface area contributed by atoms with E-state index in [-0.39, 0.29) is 5.75 Å². The number of benzene rings is 1. The van der Waals surface area contributed by atoms with E-state index in [0.29, 0.717) is 0 Å². The molecule has 76 valence electrons. The first-order valence-electron chi connectivity index (χ1n) is 4.58. The molecule has 4 heteroatoms. The van der Waals surface area contributed by atoms with Crippen molar-refractivity contribution in [1.82, 2.24) is 0 Å². The van der Waals surface area contributed by atoms with Gasteiger partial charge in [0.05, 0.1) is 5.50 Å². The van der Waals surface area contributed by atoms with E-state index in [1.807, 2.05) is 21.7 Å². The van der Waals surface area contributed by atoms with E-state index in [2.05, 4.69) is 0 Å². The molecule has 0 amide bonds. The van der Waals surface area contributed by atoms with Crippen LogP contribution in [0.2, 0.25) is 0 Å². The summed E-state index contributed by atoms with van der Waals surface area (Å²) in [7, 11) is 1.86. The Morgan fingerprint density at radius 2 is 2.07 bits per heavy atom. The Morgan fingerprint density at radius 1 is 1.43 bits per heavy atom. The summed E-state index contributed by atoms with van der Waals surface area (Å²) in [6, 6.07) is 3.31. The van der Waals surface area contributed by atoms with E-state index in [0.717, 1.165) is 12.5 Å². The standard InChI is InChI=1S/C10H13BF2O/c1-3-10(2,11)14-9-5-4-7(12)6-8(9)13/h4-6H,3,11H2,1-2H3/t10-/m1/s1. The average Bonchev–Trinajstić information content (AvgIpc) is 2.10. The summed E-state index contributed by atoms with van der Waals surface area (Å²) >= 11 is 0. The molecule has 14 heavy (non-hydrogen) atoms. The summed E-state index contributed by atoms with van der Waals surface area (Å²) in [5, 5.41) is 0. The minimum atomic E-state index is -0.661. The van der Waals surface area contributed by atoms with E-state index in [1.165, 1.54) is 12.1 Å². The lowest BCUT2D eigenvalue weighted by molar-refractivity contribution is 0.164. The molecule has 0 aliphatic carbocycles. The molecule has 0 spiro atoms. The fourth-order valence-corrected chi connectivity index (χ4v) is 0.928. The highest BCUT2D eigenvalue weighted by Gasteiger charge is 2.18. The zero-order chi connectivity index (χ0) is 10.8. The van der Waals surface area contributed by atoms with Gasteiger partial charge >= 0.3 is 0 Å². The monoisotopic (exact) mass is 198 g/mol. The van der Waals surface area contributed by atoms with Crippen molar-refractivity contribution in [3.05, 3.63) is 29.8 Å². The number of hydrogen-bond acceptors (Lipinski definition) is 1. The van der Waals surface area contributed by atoms with E-state index in [9.17, 15) is 8.78 Å². The third kappa shape index (κ3) is 2.72. The topological polar surface area (TPSA) is 9.23 Å². The second-order valence-electron chi connectivity index (χ2n) is 3.79. The Labute approximate surface area is 83.5 Å².